The Labute approximate surface area is 208 Å². The second kappa shape index (κ2) is 9.32. The molecule has 1 unspecified atom stereocenters. The SMILES string of the molecule is O=C(Nc1cc(-c2ccc3c(c2)N(Cc2nc4ccccc4[nH]2)CC3)c(Cl)cn1)C1CCCNC1. The number of halogens is 1. The summed E-state index contributed by atoms with van der Waals surface area (Å²) in [5.74, 6) is 1.45. The van der Waals surface area contributed by atoms with E-state index in [4.69, 9.17) is 16.6 Å². The van der Waals surface area contributed by atoms with Crippen molar-refractivity contribution < 1.29 is 4.79 Å². The lowest BCUT2D eigenvalue weighted by Crippen LogP contribution is -2.37. The minimum atomic E-state index is -0.0310. The Morgan fingerprint density at radius 2 is 2.11 bits per heavy atom. The van der Waals surface area contributed by atoms with Gasteiger partial charge in [0.1, 0.15) is 11.6 Å². The van der Waals surface area contributed by atoms with E-state index in [-0.39, 0.29) is 11.8 Å². The van der Waals surface area contributed by atoms with Gasteiger partial charge in [-0.15, -0.1) is 0 Å². The van der Waals surface area contributed by atoms with Gasteiger partial charge in [0, 0.05) is 30.5 Å². The molecule has 0 bridgehead atoms. The van der Waals surface area contributed by atoms with Crippen LogP contribution in [0.5, 0.6) is 0 Å². The van der Waals surface area contributed by atoms with E-state index in [1.165, 1.54) is 11.3 Å². The number of anilines is 2. The van der Waals surface area contributed by atoms with Crippen molar-refractivity contribution in [2.75, 3.05) is 29.9 Å². The van der Waals surface area contributed by atoms with Gasteiger partial charge in [-0.05, 0) is 61.2 Å². The van der Waals surface area contributed by atoms with Crippen molar-refractivity contribution in [2.45, 2.75) is 25.8 Å². The number of rotatable bonds is 5. The Morgan fingerprint density at radius 1 is 1.20 bits per heavy atom. The molecule has 7 nitrogen and oxygen atoms in total. The van der Waals surface area contributed by atoms with Crippen molar-refractivity contribution in [1.29, 1.82) is 0 Å². The average molecular weight is 487 g/mol. The number of para-hydroxylation sites is 2. The maximum absolute atomic E-state index is 12.7. The molecule has 3 N–H and O–H groups in total. The number of aromatic amines is 1. The molecular weight excluding hydrogens is 460 g/mol. The maximum Gasteiger partial charge on any atom is 0.229 e. The molecule has 2 aliphatic heterocycles. The van der Waals surface area contributed by atoms with E-state index < -0.39 is 0 Å². The zero-order valence-electron chi connectivity index (χ0n) is 19.4. The summed E-state index contributed by atoms with van der Waals surface area (Å²) in [6.45, 7) is 3.33. The molecule has 4 aromatic rings. The number of fused-ring (bicyclic) bond motifs is 2. The molecule has 6 rings (SSSR count). The number of carbonyl (C=O) groups excluding carboxylic acids is 1. The summed E-state index contributed by atoms with van der Waals surface area (Å²) in [6.07, 6.45) is 4.52. The molecule has 0 radical (unpaired) electrons. The lowest BCUT2D eigenvalue weighted by molar-refractivity contribution is -0.120. The highest BCUT2D eigenvalue weighted by atomic mass is 35.5. The van der Waals surface area contributed by atoms with Crippen LogP contribution in [-0.4, -0.2) is 40.5 Å². The fourth-order valence-corrected chi connectivity index (χ4v) is 5.28. The van der Waals surface area contributed by atoms with Gasteiger partial charge in [-0.1, -0.05) is 35.9 Å². The van der Waals surface area contributed by atoms with Crippen molar-refractivity contribution in [3.63, 3.8) is 0 Å². The van der Waals surface area contributed by atoms with Gasteiger partial charge in [-0.25, -0.2) is 9.97 Å². The van der Waals surface area contributed by atoms with Gasteiger partial charge in [0.25, 0.3) is 0 Å². The van der Waals surface area contributed by atoms with Crippen LogP contribution < -0.4 is 15.5 Å². The summed E-state index contributed by atoms with van der Waals surface area (Å²) >= 11 is 6.56. The van der Waals surface area contributed by atoms with Gasteiger partial charge in [0.15, 0.2) is 0 Å². The highest BCUT2D eigenvalue weighted by molar-refractivity contribution is 6.33. The number of aromatic nitrogens is 3. The second-order valence-electron chi connectivity index (χ2n) is 9.30. The number of amides is 1. The van der Waals surface area contributed by atoms with Gasteiger partial charge in [-0.3, -0.25) is 4.79 Å². The van der Waals surface area contributed by atoms with Crippen LogP contribution in [0.15, 0.2) is 54.7 Å². The Balaban J connectivity index is 1.25. The predicted octanol–water partition coefficient (Wildman–Crippen LogP) is 4.78. The van der Waals surface area contributed by atoms with Gasteiger partial charge in [0.05, 0.1) is 28.5 Å². The quantitative estimate of drug-likeness (QED) is 0.378. The topological polar surface area (TPSA) is 85.9 Å². The van der Waals surface area contributed by atoms with E-state index in [1.807, 2.05) is 24.3 Å². The average Bonchev–Trinajstić information content (AvgIpc) is 3.49. The maximum atomic E-state index is 12.7. The van der Waals surface area contributed by atoms with E-state index in [2.05, 4.69) is 49.8 Å². The minimum absolute atomic E-state index is 0.00364. The van der Waals surface area contributed by atoms with E-state index in [1.54, 1.807) is 6.20 Å². The largest absolute Gasteiger partial charge is 0.363 e. The van der Waals surface area contributed by atoms with Crippen LogP contribution >= 0.6 is 11.6 Å². The third kappa shape index (κ3) is 4.49. The fourth-order valence-electron chi connectivity index (χ4n) is 5.07. The molecule has 2 aromatic carbocycles. The molecule has 0 spiro atoms. The molecule has 0 saturated carbocycles. The monoisotopic (exact) mass is 486 g/mol. The summed E-state index contributed by atoms with van der Waals surface area (Å²) in [5.41, 5.74) is 6.40. The van der Waals surface area contributed by atoms with Crippen LogP contribution in [0.4, 0.5) is 11.5 Å². The van der Waals surface area contributed by atoms with Gasteiger partial charge < -0.3 is 20.5 Å². The molecule has 2 aromatic heterocycles. The minimum Gasteiger partial charge on any atom is -0.363 e. The first-order valence-corrected chi connectivity index (χ1v) is 12.5. The van der Waals surface area contributed by atoms with E-state index >= 15 is 0 Å². The van der Waals surface area contributed by atoms with Crippen molar-refractivity contribution in [1.82, 2.24) is 20.3 Å². The predicted molar refractivity (Wildman–Crippen MR) is 140 cm³/mol. The zero-order valence-corrected chi connectivity index (χ0v) is 20.1. The van der Waals surface area contributed by atoms with E-state index in [9.17, 15) is 4.79 Å². The van der Waals surface area contributed by atoms with Crippen LogP contribution in [-0.2, 0) is 17.8 Å². The first kappa shape index (κ1) is 22.1. The summed E-state index contributed by atoms with van der Waals surface area (Å²) in [5, 5.41) is 6.83. The summed E-state index contributed by atoms with van der Waals surface area (Å²) in [6, 6.07) is 16.4. The number of pyridine rings is 1. The molecular formula is C27H27ClN6O. The smallest absolute Gasteiger partial charge is 0.229 e. The van der Waals surface area contributed by atoms with Crippen LogP contribution in [0, 0.1) is 5.92 Å². The van der Waals surface area contributed by atoms with Gasteiger partial charge >= 0.3 is 0 Å². The Bertz CT molecular complexity index is 1360. The molecule has 4 heterocycles. The molecule has 35 heavy (non-hydrogen) atoms. The zero-order chi connectivity index (χ0) is 23.8. The summed E-state index contributed by atoms with van der Waals surface area (Å²) in [7, 11) is 0. The summed E-state index contributed by atoms with van der Waals surface area (Å²) in [4.78, 5) is 27.6. The van der Waals surface area contributed by atoms with Gasteiger partial charge in [0.2, 0.25) is 5.91 Å². The highest BCUT2D eigenvalue weighted by Crippen LogP contribution is 2.36. The Hall–Kier alpha value is -3.42. The number of piperidine rings is 1. The number of hydrogen-bond donors (Lipinski definition) is 3. The van der Waals surface area contributed by atoms with Crippen molar-refractivity contribution in [3.05, 3.63) is 71.1 Å². The lowest BCUT2D eigenvalue weighted by atomic mass is 9.99. The molecule has 8 heteroatoms. The summed E-state index contributed by atoms with van der Waals surface area (Å²) < 4.78 is 0. The van der Waals surface area contributed by atoms with Gasteiger partial charge in [-0.2, -0.15) is 0 Å². The lowest BCUT2D eigenvalue weighted by Gasteiger charge is -2.22. The number of carbonyl (C=O) groups is 1. The third-order valence-electron chi connectivity index (χ3n) is 6.94. The molecule has 1 atom stereocenters. The Morgan fingerprint density at radius 3 is 2.97 bits per heavy atom. The van der Waals surface area contributed by atoms with Crippen molar-refractivity contribution in [2.24, 2.45) is 5.92 Å². The molecule has 178 valence electrons. The fraction of sp³-hybridized carbons (Fsp3) is 0.296. The standard InChI is InChI=1S/C27H27ClN6O/c28-21-15-30-25(33-27(35)19-4-3-10-29-14-19)13-20(21)18-8-7-17-9-11-34(24(17)12-18)16-26-31-22-5-1-2-6-23(22)32-26/h1-2,5-8,12-13,15,19,29H,3-4,9-11,14,16H2,(H,31,32)(H,30,33,35). The highest BCUT2D eigenvalue weighted by Gasteiger charge is 2.23. The molecule has 2 aliphatic rings. The first-order valence-electron chi connectivity index (χ1n) is 12.1. The van der Waals surface area contributed by atoms with Crippen LogP contribution in [0.25, 0.3) is 22.2 Å². The van der Waals surface area contributed by atoms with E-state index in [0.717, 1.165) is 60.3 Å². The number of nitrogens with zero attached hydrogens (tertiary/aromatic N) is 3. The molecule has 1 amide bonds. The molecule has 1 saturated heterocycles. The molecule has 0 aliphatic carbocycles. The van der Waals surface area contributed by atoms with Crippen LogP contribution in [0.1, 0.15) is 24.2 Å². The number of hydrogen-bond acceptors (Lipinski definition) is 5. The van der Waals surface area contributed by atoms with Crippen molar-refractivity contribution in [3.8, 4) is 11.1 Å². The van der Waals surface area contributed by atoms with E-state index in [0.29, 0.717) is 23.9 Å². The second-order valence-corrected chi connectivity index (χ2v) is 9.70. The first-order chi connectivity index (χ1) is 17.1. The number of H-pyrrole nitrogens is 1. The third-order valence-corrected chi connectivity index (χ3v) is 7.24. The number of imidazole rings is 1. The molecule has 1 fully saturated rings. The van der Waals surface area contributed by atoms with Crippen LogP contribution in [0.3, 0.4) is 0 Å². The van der Waals surface area contributed by atoms with Crippen LogP contribution in [0.2, 0.25) is 5.02 Å². The Kier molecular flexibility index (Phi) is 5.88. The number of benzene rings is 2. The normalized spacial score (nSPS) is 17.5. The van der Waals surface area contributed by atoms with Crippen molar-refractivity contribution >= 4 is 40.0 Å². The number of nitrogens with one attached hydrogen (secondary N) is 3.